The van der Waals surface area contributed by atoms with E-state index in [1.54, 1.807) is 31.4 Å². The highest BCUT2D eigenvalue weighted by molar-refractivity contribution is 7.18. The molecule has 2 aromatic rings. The van der Waals surface area contributed by atoms with Crippen LogP contribution >= 0.6 is 11.3 Å². The van der Waals surface area contributed by atoms with Crippen molar-refractivity contribution in [1.82, 2.24) is 10.2 Å². The van der Waals surface area contributed by atoms with Gasteiger partial charge in [0.2, 0.25) is 11.0 Å². The molecule has 0 spiro atoms. The third-order valence-corrected chi connectivity index (χ3v) is 3.53. The molecule has 0 bridgehead atoms. The molecule has 1 amide bonds. The summed E-state index contributed by atoms with van der Waals surface area (Å²) >= 11 is 1.08. The maximum Gasteiger partial charge on any atom is 0.389 e. The van der Waals surface area contributed by atoms with Crippen LogP contribution in [0.5, 0.6) is 5.75 Å². The summed E-state index contributed by atoms with van der Waals surface area (Å²) in [6, 6.07) is 7.04. The number of amides is 1. The summed E-state index contributed by atoms with van der Waals surface area (Å²) in [7, 11) is 1.55. The quantitative estimate of drug-likeness (QED) is 0.911. The number of carbonyl (C=O) groups is 1. The van der Waals surface area contributed by atoms with Gasteiger partial charge >= 0.3 is 6.18 Å². The number of methoxy groups -OCH3 is 1. The summed E-state index contributed by atoms with van der Waals surface area (Å²) in [6.45, 7) is 0. The molecule has 0 radical (unpaired) electrons. The van der Waals surface area contributed by atoms with Crippen LogP contribution in [0, 0.1) is 0 Å². The van der Waals surface area contributed by atoms with Gasteiger partial charge in [0.25, 0.3) is 0 Å². The van der Waals surface area contributed by atoms with Crippen molar-refractivity contribution >= 4 is 22.4 Å². The summed E-state index contributed by atoms with van der Waals surface area (Å²) < 4.78 is 41.1. The molecule has 9 heteroatoms. The molecule has 1 aromatic heterocycles. The van der Waals surface area contributed by atoms with Gasteiger partial charge in [-0.3, -0.25) is 4.79 Å². The van der Waals surface area contributed by atoms with Crippen LogP contribution in [0.15, 0.2) is 24.3 Å². The molecule has 0 aliphatic rings. The molecule has 0 fully saturated rings. The number of halogens is 3. The standard InChI is InChI=1S/C13H12F3N3O2S/c1-21-9-4-2-8(3-5-9)11-18-19-12(22-11)17-10(20)6-7-13(14,15)16/h2-5H,6-7H2,1H3,(H,17,19,20). The molecule has 0 atom stereocenters. The van der Waals surface area contributed by atoms with E-state index in [-0.39, 0.29) is 5.13 Å². The Morgan fingerprint density at radius 3 is 2.55 bits per heavy atom. The molecule has 0 unspecified atom stereocenters. The monoisotopic (exact) mass is 331 g/mol. The third-order valence-electron chi connectivity index (χ3n) is 2.64. The first-order chi connectivity index (χ1) is 10.4. The van der Waals surface area contributed by atoms with E-state index in [0.29, 0.717) is 10.8 Å². The number of aromatic nitrogens is 2. The van der Waals surface area contributed by atoms with Crippen LogP contribution in [0.3, 0.4) is 0 Å². The molecular formula is C13H12F3N3O2S. The minimum Gasteiger partial charge on any atom is -0.497 e. The van der Waals surface area contributed by atoms with Crippen LogP contribution in [0.2, 0.25) is 0 Å². The SMILES string of the molecule is COc1ccc(-c2nnc(NC(=O)CCC(F)(F)F)s2)cc1. The first kappa shape index (κ1) is 16.2. The fourth-order valence-electron chi connectivity index (χ4n) is 1.56. The second-order valence-electron chi connectivity index (χ2n) is 4.30. The molecule has 2 rings (SSSR count). The Labute approximate surface area is 128 Å². The van der Waals surface area contributed by atoms with Crippen LogP contribution in [0.1, 0.15) is 12.8 Å². The van der Waals surface area contributed by atoms with Gasteiger partial charge in [0.15, 0.2) is 0 Å². The average Bonchev–Trinajstić information content (AvgIpc) is 2.93. The van der Waals surface area contributed by atoms with E-state index < -0.39 is 24.9 Å². The van der Waals surface area contributed by atoms with Gasteiger partial charge in [0.05, 0.1) is 13.5 Å². The van der Waals surface area contributed by atoms with E-state index in [9.17, 15) is 18.0 Å². The van der Waals surface area contributed by atoms with Crippen LogP contribution in [-0.2, 0) is 4.79 Å². The largest absolute Gasteiger partial charge is 0.497 e. The fraction of sp³-hybridized carbons (Fsp3) is 0.308. The maximum atomic E-state index is 12.0. The zero-order valence-corrected chi connectivity index (χ0v) is 12.3. The number of rotatable bonds is 5. The molecule has 1 N–H and O–H groups in total. The summed E-state index contributed by atoms with van der Waals surface area (Å²) in [5, 5.41) is 10.7. The molecule has 0 aliphatic heterocycles. The van der Waals surface area contributed by atoms with Gasteiger partial charge in [-0.25, -0.2) is 0 Å². The molecule has 1 heterocycles. The van der Waals surface area contributed by atoms with Crippen molar-refractivity contribution in [2.75, 3.05) is 12.4 Å². The highest BCUT2D eigenvalue weighted by Crippen LogP contribution is 2.28. The minimum atomic E-state index is -4.35. The number of anilines is 1. The van der Waals surface area contributed by atoms with Crippen molar-refractivity contribution in [3.05, 3.63) is 24.3 Å². The summed E-state index contributed by atoms with van der Waals surface area (Å²) in [6.07, 6.45) is -6.16. The Kier molecular flexibility index (Phi) is 4.96. The highest BCUT2D eigenvalue weighted by Gasteiger charge is 2.28. The second-order valence-corrected chi connectivity index (χ2v) is 5.28. The van der Waals surface area contributed by atoms with Crippen LogP contribution in [0.25, 0.3) is 10.6 Å². The van der Waals surface area contributed by atoms with Gasteiger partial charge in [-0.15, -0.1) is 10.2 Å². The maximum absolute atomic E-state index is 12.0. The zero-order valence-electron chi connectivity index (χ0n) is 11.5. The molecule has 5 nitrogen and oxygen atoms in total. The molecule has 1 aromatic carbocycles. The number of ether oxygens (including phenoxy) is 1. The number of hydrogen-bond acceptors (Lipinski definition) is 5. The van der Waals surface area contributed by atoms with Crippen molar-refractivity contribution < 1.29 is 22.7 Å². The number of nitrogens with one attached hydrogen (secondary N) is 1. The molecule has 0 saturated heterocycles. The Morgan fingerprint density at radius 1 is 1.27 bits per heavy atom. The third kappa shape index (κ3) is 4.69. The number of hydrogen-bond donors (Lipinski definition) is 1. The van der Waals surface area contributed by atoms with E-state index in [1.807, 2.05) is 0 Å². The van der Waals surface area contributed by atoms with Gasteiger partial charge in [-0.1, -0.05) is 11.3 Å². The van der Waals surface area contributed by atoms with Gasteiger partial charge in [-0.05, 0) is 24.3 Å². The predicted molar refractivity (Wildman–Crippen MR) is 75.8 cm³/mol. The smallest absolute Gasteiger partial charge is 0.389 e. The Balaban J connectivity index is 1.97. The van der Waals surface area contributed by atoms with E-state index in [4.69, 9.17) is 4.74 Å². The van der Waals surface area contributed by atoms with Gasteiger partial charge in [0.1, 0.15) is 10.8 Å². The minimum absolute atomic E-state index is 0.165. The lowest BCUT2D eigenvalue weighted by Gasteiger charge is -2.04. The van der Waals surface area contributed by atoms with E-state index in [0.717, 1.165) is 16.9 Å². The van der Waals surface area contributed by atoms with Crippen molar-refractivity contribution in [1.29, 1.82) is 0 Å². The van der Waals surface area contributed by atoms with Crippen LogP contribution < -0.4 is 10.1 Å². The number of nitrogens with zero attached hydrogens (tertiary/aromatic N) is 2. The number of carbonyl (C=O) groups excluding carboxylic acids is 1. The predicted octanol–water partition coefficient (Wildman–Crippen LogP) is 3.49. The topological polar surface area (TPSA) is 64.1 Å². The lowest BCUT2D eigenvalue weighted by atomic mass is 10.2. The van der Waals surface area contributed by atoms with Crippen molar-refractivity contribution in [2.24, 2.45) is 0 Å². The van der Waals surface area contributed by atoms with Crippen LogP contribution in [-0.4, -0.2) is 29.4 Å². The van der Waals surface area contributed by atoms with Crippen LogP contribution in [0.4, 0.5) is 18.3 Å². The highest BCUT2D eigenvalue weighted by atomic mass is 32.1. The Hall–Kier alpha value is -2.16. The molecule has 118 valence electrons. The summed E-state index contributed by atoms with van der Waals surface area (Å²) in [5.41, 5.74) is 0.772. The lowest BCUT2D eigenvalue weighted by molar-refractivity contribution is -0.142. The van der Waals surface area contributed by atoms with Crippen molar-refractivity contribution in [3.63, 3.8) is 0 Å². The molecule has 0 aliphatic carbocycles. The number of benzene rings is 1. The van der Waals surface area contributed by atoms with Gasteiger partial charge in [-0.2, -0.15) is 13.2 Å². The first-order valence-corrected chi connectivity index (χ1v) is 7.03. The molecule has 0 saturated carbocycles. The first-order valence-electron chi connectivity index (χ1n) is 6.22. The normalized spacial score (nSPS) is 11.3. The Morgan fingerprint density at radius 2 is 1.95 bits per heavy atom. The fourth-order valence-corrected chi connectivity index (χ4v) is 2.33. The number of alkyl halides is 3. The summed E-state index contributed by atoms with van der Waals surface area (Å²) in [4.78, 5) is 11.4. The van der Waals surface area contributed by atoms with Gasteiger partial charge in [0, 0.05) is 12.0 Å². The van der Waals surface area contributed by atoms with E-state index in [1.165, 1.54) is 0 Å². The Bertz CT molecular complexity index is 641. The van der Waals surface area contributed by atoms with E-state index in [2.05, 4.69) is 15.5 Å². The molecular weight excluding hydrogens is 319 g/mol. The summed E-state index contributed by atoms with van der Waals surface area (Å²) in [5.74, 6) is -0.0521. The van der Waals surface area contributed by atoms with Gasteiger partial charge < -0.3 is 10.1 Å². The lowest BCUT2D eigenvalue weighted by Crippen LogP contribution is -2.16. The van der Waals surface area contributed by atoms with E-state index >= 15 is 0 Å². The average molecular weight is 331 g/mol. The zero-order chi connectivity index (χ0) is 16.2. The van der Waals surface area contributed by atoms with Crippen molar-refractivity contribution in [2.45, 2.75) is 19.0 Å². The second kappa shape index (κ2) is 6.73. The van der Waals surface area contributed by atoms with Crippen molar-refractivity contribution in [3.8, 4) is 16.3 Å². The molecule has 22 heavy (non-hydrogen) atoms.